The van der Waals surface area contributed by atoms with E-state index in [1.165, 1.54) is 36.8 Å². The maximum atomic E-state index is 13.1. The molecule has 0 spiro atoms. The van der Waals surface area contributed by atoms with Gasteiger partial charge in [0.2, 0.25) is 23.6 Å². The summed E-state index contributed by atoms with van der Waals surface area (Å²) >= 11 is 4.09. The fraction of sp³-hybridized carbons (Fsp3) is 0.364. The highest BCUT2D eigenvalue weighted by molar-refractivity contribution is 7.80. The van der Waals surface area contributed by atoms with E-state index in [2.05, 4.69) is 38.5 Å². The Morgan fingerprint density at radius 2 is 1.54 bits per heavy atom. The monoisotopic (exact) mass is 535 g/mol. The number of rotatable bonds is 14. The fourth-order valence-corrected chi connectivity index (χ4v) is 3.48. The number of benzene rings is 1. The fourth-order valence-electron chi connectivity index (χ4n) is 3.22. The molecule has 0 aliphatic rings. The summed E-state index contributed by atoms with van der Waals surface area (Å²) in [5, 5.41) is 26.2. The van der Waals surface area contributed by atoms with Crippen LogP contribution in [0.2, 0.25) is 0 Å². The van der Waals surface area contributed by atoms with Crippen LogP contribution in [0.15, 0.2) is 36.8 Å². The van der Waals surface area contributed by atoms with Crippen molar-refractivity contribution in [2.24, 2.45) is 11.5 Å². The minimum atomic E-state index is -1.31. The lowest BCUT2D eigenvalue weighted by atomic mass is 10.0. The number of primary amides is 1. The summed E-state index contributed by atoms with van der Waals surface area (Å²) < 4.78 is 0. The number of nitrogens with one attached hydrogen (secondary N) is 4. The second kappa shape index (κ2) is 13.8. The van der Waals surface area contributed by atoms with Crippen LogP contribution in [-0.2, 0) is 36.8 Å². The summed E-state index contributed by atoms with van der Waals surface area (Å²) in [4.78, 5) is 67.6. The number of nitrogens with two attached hydrogens (primary N) is 2. The number of carbonyl (C=O) groups excluding carboxylic acids is 4. The third-order valence-corrected chi connectivity index (χ3v) is 5.54. The largest absolute Gasteiger partial charge is 0.508 e. The van der Waals surface area contributed by atoms with Gasteiger partial charge in [-0.15, -0.1) is 0 Å². The van der Waals surface area contributed by atoms with E-state index in [9.17, 15) is 34.2 Å². The second-order valence-electron chi connectivity index (χ2n) is 8.13. The minimum Gasteiger partial charge on any atom is -0.508 e. The van der Waals surface area contributed by atoms with Crippen molar-refractivity contribution in [2.45, 2.75) is 43.4 Å². The zero-order valence-corrected chi connectivity index (χ0v) is 20.5. The molecule has 1 aromatic carbocycles. The van der Waals surface area contributed by atoms with Crippen LogP contribution in [0.3, 0.4) is 0 Å². The molecule has 2 aromatic rings. The normalized spacial score (nSPS) is 14.0. The number of aromatic hydroxyl groups is 1. The van der Waals surface area contributed by atoms with Gasteiger partial charge in [0.25, 0.3) is 0 Å². The van der Waals surface area contributed by atoms with Crippen LogP contribution in [0, 0.1) is 0 Å². The second-order valence-corrected chi connectivity index (χ2v) is 8.50. The highest BCUT2D eigenvalue weighted by Gasteiger charge is 2.30. The molecule has 15 heteroatoms. The predicted molar refractivity (Wildman–Crippen MR) is 133 cm³/mol. The van der Waals surface area contributed by atoms with Crippen LogP contribution in [0.4, 0.5) is 0 Å². The molecule has 14 nitrogen and oxygen atoms in total. The molecule has 1 heterocycles. The van der Waals surface area contributed by atoms with Crippen molar-refractivity contribution >= 4 is 42.2 Å². The van der Waals surface area contributed by atoms with Gasteiger partial charge in [-0.1, -0.05) is 12.1 Å². The first-order valence-corrected chi connectivity index (χ1v) is 11.7. The van der Waals surface area contributed by atoms with E-state index in [0.29, 0.717) is 11.3 Å². The Hall–Kier alpha value is -4.11. The summed E-state index contributed by atoms with van der Waals surface area (Å²) in [6.07, 6.45) is 2.20. The molecule has 4 amide bonds. The van der Waals surface area contributed by atoms with E-state index >= 15 is 0 Å². The lowest BCUT2D eigenvalue weighted by Crippen LogP contribution is -2.58. The van der Waals surface area contributed by atoms with Crippen LogP contribution >= 0.6 is 12.6 Å². The standard InChI is InChI=1S/C22H29N7O7S/c23-14(7-18(24)31)19(32)27-15(5-11-1-3-13(30)4-2-11)20(33)29-17(9-37)21(34)28-16(22(35)36)6-12-8-25-10-26-12/h1-4,8,10,14-17,30,37H,5-7,9,23H2,(H2,24,31)(H,25,26)(H,27,32)(H,28,34)(H,29,33)(H,35,36). The summed E-state index contributed by atoms with van der Waals surface area (Å²) in [6.45, 7) is 0. The lowest BCUT2D eigenvalue weighted by Gasteiger charge is -2.24. The molecule has 37 heavy (non-hydrogen) atoms. The Morgan fingerprint density at radius 1 is 0.946 bits per heavy atom. The van der Waals surface area contributed by atoms with E-state index in [-0.39, 0.29) is 24.3 Å². The zero-order valence-electron chi connectivity index (χ0n) is 19.6. The number of aromatic amines is 1. The molecule has 2 rings (SSSR count). The summed E-state index contributed by atoms with van der Waals surface area (Å²) in [7, 11) is 0. The Balaban J connectivity index is 2.14. The van der Waals surface area contributed by atoms with Crippen molar-refractivity contribution in [3.8, 4) is 5.75 Å². The van der Waals surface area contributed by atoms with Gasteiger partial charge in [0.05, 0.1) is 18.8 Å². The number of phenols is 1. The number of imidazole rings is 1. The number of carbonyl (C=O) groups is 5. The topological polar surface area (TPSA) is 243 Å². The summed E-state index contributed by atoms with van der Waals surface area (Å²) in [6, 6.07) is 0.717. The number of hydrogen-bond donors (Lipinski definition) is 9. The number of nitrogens with zero attached hydrogens (tertiary/aromatic N) is 1. The van der Waals surface area contributed by atoms with E-state index < -0.39 is 60.2 Å². The van der Waals surface area contributed by atoms with Crippen molar-refractivity contribution in [1.82, 2.24) is 25.9 Å². The molecule has 0 fully saturated rings. The highest BCUT2D eigenvalue weighted by atomic mass is 32.1. The highest BCUT2D eigenvalue weighted by Crippen LogP contribution is 2.12. The minimum absolute atomic E-state index is 0.00723. The van der Waals surface area contributed by atoms with Gasteiger partial charge in [0.1, 0.15) is 23.9 Å². The Morgan fingerprint density at radius 3 is 2.08 bits per heavy atom. The lowest BCUT2D eigenvalue weighted by molar-refractivity contribution is -0.142. The van der Waals surface area contributed by atoms with Crippen LogP contribution in [0.5, 0.6) is 5.75 Å². The maximum absolute atomic E-state index is 13.1. The molecule has 4 atom stereocenters. The van der Waals surface area contributed by atoms with Gasteiger partial charge < -0.3 is 42.6 Å². The van der Waals surface area contributed by atoms with Crippen molar-refractivity contribution in [3.63, 3.8) is 0 Å². The summed E-state index contributed by atoms with van der Waals surface area (Å²) in [5.41, 5.74) is 11.8. The maximum Gasteiger partial charge on any atom is 0.326 e. The molecule has 0 aliphatic heterocycles. The number of thiol groups is 1. The molecule has 4 unspecified atom stereocenters. The number of phenolic OH excluding ortho intramolecular Hbond substituents is 1. The van der Waals surface area contributed by atoms with E-state index in [1.807, 2.05) is 0 Å². The van der Waals surface area contributed by atoms with Crippen LogP contribution in [-0.4, -0.2) is 79.7 Å². The van der Waals surface area contributed by atoms with Gasteiger partial charge in [-0.25, -0.2) is 9.78 Å². The zero-order chi connectivity index (χ0) is 27.5. The first-order chi connectivity index (χ1) is 17.5. The van der Waals surface area contributed by atoms with Crippen LogP contribution in [0.25, 0.3) is 0 Å². The van der Waals surface area contributed by atoms with Gasteiger partial charge in [-0.3, -0.25) is 19.2 Å². The number of amides is 4. The SMILES string of the molecule is NC(=O)CC(N)C(=O)NC(Cc1ccc(O)cc1)C(=O)NC(CS)C(=O)NC(Cc1cnc[nH]1)C(=O)O. The van der Waals surface area contributed by atoms with Crippen molar-refractivity contribution in [1.29, 1.82) is 0 Å². The smallest absolute Gasteiger partial charge is 0.326 e. The van der Waals surface area contributed by atoms with Gasteiger partial charge in [-0.2, -0.15) is 12.6 Å². The molecular weight excluding hydrogens is 506 g/mol. The summed E-state index contributed by atoms with van der Waals surface area (Å²) in [5.74, 6) is -4.72. The quantitative estimate of drug-likeness (QED) is 0.117. The number of carboxylic acids is 1. The molecule has 1 aromatic heterocycles. The third-order valence-electron chi connectivity index (χ3n) is 5.18. The Kier molecular flexibility index (Phi) is 10.9. The number of aromatic nitrogens is 2. The van der Waals surface area contributed by atoms with Crippen LogP contribution < -0.4 is 27.4 Å². The molecule has 0 aliphatic carbocycles. The average molecular weight is 536 g/mol. The molecule has 200 valence electrons. The molecule has 10 N–H and O–H groups in total. The average Bonchev–Trinajstić information content (AvgIpc) is 3.35. The number of aliphatic carboxylic acids is 1. The molecular formula is C22H29N7O7S. The van der Waals surface area contributed by atoms with Crippen molar-refractivity contribution in [3.05, 3.63) is 48.0 Å². The van der Waals surface area contributed by atoms with E-state index in [0.717, 1.165) is 0 Å². The van der Waals surface area contributed by atoms with Gasteiger partial charge in [0.15, 0.2) is 0 Å². The number of hydrogen-bond acceptors (Lipinski definition) is 9. The van der Waals surface area contributed by atoms with Crippen molar-refractivity contribution in [2.75, 3.05) is 5.75 Å². The number of carboxylic acid groups (broad SMARTS) is 1. The molecule has 0 saturated heterocycles. The first kappa shape index (κ1) is 29.1. The van der Waals surface area contributed by atoms with Gasteiger partial charge in [0, 0.05) is 30.5 Å². The van der Waals surface area contributed by atoms with E-state index in [1.54, 1.807) is 0 Å². The Labute approximate surface area is 217 Å². The molecule has 0 bridgehead atoms. The predicted octanol–water partition coefficient (Wildman–Crippen LogP) is -2.43. The van der Waals surface area contributed by atoms with Gasteiger partial charge >= 0.3 is 5.97 Å². The van der Waals surface area contributed by atoms with E-state index in [4.69, 9.17) is 11.5 Å². The molecule has 0 saturated carbocycles. The Bertz CT molecular complexity index is 1100. The van der Waals surface area contributed by atoms with Gasteiger partial charge in [-0.05, 0) is 17.7 Å². The molecule has 0 radical (unpaired) electrons. The number of H-pyrrole nitrogens is 1. The third kappa shape index (κ3) is 9.46. The first-order valence-electron chi connectivity index (χ1n) is 11.0. The van der Waals surface area contributed by atoms with Crippen molar-refractivity contribution < 1.29 is 34.2 Å². The van der Waals surface area contributed by atoms with Crippen LogP contribution in [0.1, 0.15) is 17.7 Å².